The number of ketones is 1. The Labute approximate surface area is 136 Å². The zero-order valence-electron chi connectivity index (χ0n) is 13.5. The molecule has 0 radical (unpaired) electrons. The number of aryl methyl sites for hydroxylation is 1. The Morgan fingerprint density at radius 3 is 3.04 bits per heavy atom. The summed E-state index contributed by atoms with van der Waals surface area (Å²) < 4.78 is 0. The van der Waals surface area contributed by atoms with E-state index in [1.165, 1.54) is 0 Å². The molecule has 4 rings (SSSR count). The number of fused-ring (bicyclic) bond motifs is 1. The molecule has 3 N–H and O–H groups in total. The van der Waals surface area contributed by atoms with Crippen molar-refractivity contribution in [3.05, 3.63) is 28.8 Å². The van der Waals surface area contributed by atoms with E-state index in [4.69, 9.17) is 5.11 Å². The van der Waals surface area contributed by atoms with Crippen LogP contribution in [0.15, 0.2) is 12.1 Å². The maximum absolute atomic E-state index is 12.9. The van der Waals surface area contributed by atoms with Gasteiger partial charge in [0.2, 0.25) is 0 Å². The Bertz CT molecular complexity index is 642. The van der Waals surface area contributed by atoms with Crippen molar-refractivity contribution in [3.8, 4) is 5.75 Å². The Balaban J connectivity index is 1.84. The number of aliphatic hydroxyl groups excluding tert-OH is 1. The summed E-state index contributed by atoms with van der Waals surface area (Å²) in [5, 5.41) is 23.4. The van der Waals surface area contributed by atoms with Crippen molar-refractivity contribution in [2.24, 2.45) is 5.92 Å². The van der Waals surface area contributed by atoms with Crippen LogP contribution in [0.5, 0.6) is 5.75 Å². The number of benzene rings is 1. The predicted molar refractivity (Wildman–Crippen MR) is 87.7 cm³/mol. The lowest BCUT2D eigenvalue weighted by atomic mass is 9.52. The number of phenols is 1. The van der Waals surface area contributed by atoms with Gasteiger partial charge in [-0.3, -0.25) is 4.79 Å². The molecule has 2 fully saturated rings. The summed E-state index contributed by atoms with van der Waals surface area (Å²) in [6, 6.07) is 4.37. The first-order valence-electron chi connectivity index (χ1n) is 8.90. The van der Waals surface area contributed by atoms with Crippen LogP contribution in [0.4, 0.5) is 0 Å². The van der Waals surface area contributed by atoms with Crippen molar-refractivity contribution in [3.63, 3.8) is 0 Å². The number of aromatic hydroxyl groups is 1. The number of piperidine rings is 1. The maximum atomic E-state index is 12.9. The Kier molecular flexibility index (Phi) is 3.69. The van der Waals surface area contributed by atoms with Crippen molar-refractivity contribution in [1.82, 2.24) is 5.32 Å². The predicted octanol–water partition coefficient (Wildman–Crippen LogP) is 1.84. The molecule has 4 heteroatoms. The molecule has 3 atom stereocenters. The molecule has 1 aromatic rings. The highest BCUT2D eigenvalue weighted by Crippen LogP contribution is 2.53. The molecule has 0 amide bonds. The first-order valence-corrected chi connectivity index (χ1v) is 8.90. The van der Waals surface area contributed by atoms with E-state index in [1.54, 1.807) is 0 Å². The molecule has 1 heterocycles. The van der Waals surface area contributed by atoms with Crippen LogP contribution < -0.4 is 5.32 Å². The van der Waals surface area contributed by atoms with Crippen LogP contribution in [0.2, 0.25) is 0 Å². The topological polar surface area (TPSA) is 69.6 Å². The molecule has 1 aliphatic heterocycles. The van der Waals surface area contributed by atoms with E-state index < -0.39 is 0 Å². The Morgan fingerprint density at radius 2 is 2.22 bits per heavy atom. The fourth-order valence-corrected chi connectivity index (χ4v) is 5.32. The quantitative estimate of drug-likeness (QED) is 0.796. The summed E-state index contributed by atoms with van der Waals surface area (Å²) in [6.45, 7) is 1.02. The molecule has 2 bridgehead atoms. The van der Waals surface area contributed by atoms with E-state index in [9.17, 15) is 9.90 Å². The molecule has 0 aromatic heterocycles. The first kappa shape index (κ1) is 15.2. The number of carbonyl (C=O) groups excluding carboxylic acids is 1. The molecule has 2 aliphatic carbocycles. The highest BCUT2D eigenvalue weighted by Gasteiger charge is 2.56. The lowest BCUT2D eigenvalue weighted by molar-refractivity contribution is -0.132. The number of aliphatic hydroxyl groups is 1. The zero-order valence-corrected chi connectivity index (χ0v) is 13.5. The number of carbonyl (C=O) groups is 1. The molecule has 0 unspecified atom stereocenters. The van der Waals surface area contributed by atoms with Crippen LogP contribution in [0, 0.1) is 5.92 Å². The summed E-state index contributed by atoms with van der Waals surface area (Å²) in [7, 11) is 0. The summed E-state index contributed by atoms with van der Waals surface area (Å²) in [6.07, 6.45) is 5.78. The highest BCUT2D eigenvalue weighted by atomic mass is 16.3. The van der Waals surface area contributed by atoms with E-state index in [-0.39, 0.29) is 12.0 Å². The van der Waals surface area contributed by atoms with E-state index in [0.717, 1.165) is 48.9 Å². The third-order valence-corrected chi connectivity index (χ3v) is 6.34. The Hall–Kier alpha value is -1.39. The smallest absolute Gasteiger partial charge is 0.143 e. The lowest BCUT2D eigenvalue weighted by Crippen LogP contribution is -2.62. The molecule has 0 spiro atoms. The number of phenolic OH excluding ortho intramolecular Hbond substituents is 1. The third-order valence-electron chi connectivity index (χ3n) is 6.34. The minimum atomic E-state index is -0.366. The molecule has 124 valence electrons. The van der Waals surface area contributed by atoms with Gasteiger partial charge in [-0.1, -0.05) is 12.1 Å². The molecular weight excluding hydrogens is 290 g/mol. The molecule has 3 aliphatic rings. The molecular formula is C19H25NO3. The number of hydrogen-bond donors (Lipinski definition) is 3. The van der Waals surface area contributed by atoms with Crippen molar-refractivity contribution in [2.45, 2.75) is 56.4 Å². The monoisotopic (exact) mass is 315 g/mol. The minimum Gasteiger partial charge on any atom is -0.507 e. The van der Waals surface area contributed by atoms with Crippen LogP contribution in [0.25, 0.3) is 0 Å². The van der Waals surface area contributed by atoms with Crippen molar-refractivity contribution in [2.75, 3.05) is 13.2 Å². The number of Topliss-reactive ketones (excluding diaryl/α,β-unsaturated/α-hetero) is 1. The Morgan fingerprint density at radius 1 is 1.35 bits per heavy atom. The normalized spacial score (nSPS) is 32.3. The van der Waals surface area contributed by atoms with Crippen LogP contribution in [-0.4, -0.2) is 35.2 Å². The molecule has 1 saturated carbocycles. The van der Waals surface area contributed by atoms with Gasteiger partial charge in [0.1, 0.15) is 11.5 Å². The first-order chi connectivity index (χ1) is 11.2. The second-order valence-corrected chi connectivity index (χ2v) is 7.33. The SMILES string of the molecule is O=C1CCC[C@H]2[C@H]3Cc4c(ccc(CCCO)c4O)[C@@]12CCN3. The van der Waals surface area contributed by atoms with E-state index >= 15 is 0 Å². The van der Waals surface area contributed by atoms with Gasteiger partial charge < -0.3 is 15.5 Å². The van der Waals surface area contributed by atoms with Crippen LogP contribution in [-0.2, 0) is 23.1 Å². The van der Waals surface area contributed by atoms with Gasteiger partial charge in [0.05, 0.1) is 5.41 Å². The number of hydrogen-bond acceptors (Lipinski definition) is 4. The fourth-order valence-electron chi connectivity index (χ4n) is 5.32. The van der Waals surface area contributed by atoms with Crippen LogP contribution in [0.1, 0.15) is 48.8 Å². The van der Waals surface area contributed by atoms with Gasteiger partial charge >= 0.3 is 0 Å². The average molecular weight is 315 g/mol. The second-order valence-electron chi connectivity index (χ2n) is 7.33. The molecule has 1 aromatic carbocycles. The van der Waals surface area contributed by atoms with Gasteiger partial charge in [0.25, 0.3) is 0 Å². The highest BCUT2D eigenvalue weighted by molar-refractivity contribution is 5.92. The van der Waals surface area contributed by atoms with Crippen molar-refractivity contribution in [1.29, 1.82) is 0 Å². The van der Waals surface area contributed by atoms with Gasteiger partial charge in [-0.25, -0.2) is 0 Å². The average Bonchev–Trinajstić information content (AvgIpc) is 2.55. The van der Waals surface area contributed by atoms with Gasteiger partial charge in [-0.05, 0) is 67.7 Å². The van der Waals surface area contributed by atoms with Crippen molar-refractivity contribution < 1.29 is 15.0 Å². The third kappa shape index (κ3) is 2.08. The summed E-state index contributed by atoms with van der Waals surface area (Å²) in [5.74, 6) is 1.12. The molecule has 23 heavy (non-hydrogen) atoms. The summed E-state index contributed by atoms with van der Waals surface area (Å²) in [5.41, 5.74) is 2.60. The van der Waals surface area contributed by atoms with Crippen molar-refractivity contribution >= 4 is 5.78 Å². The van der Waals surface area contributed by atoms with E-state index in [0.29, 0.717) is 42.8 Å². The fraction of sp³-hybridized carbons (Fsp3) is 0.632. The van der Waals surface area contributed by atoms with Crippen LogP contribution >= 0.6 is 0 Å². The zero-order chi connectivity index (χ0) is 16.0. The second kappa shape index (κ2) is 5.60. The van der Waals surface area contributed by atoms with Gasteiger partial charge in [0, 0.05) is 19.1 Å². The number of rotatable bonds is 3. The minimum absolute atomic E-state index is 0.130. The van der Waals surface area contributed by atoms with Crippen LogP contribution in [0.3, 0.4) is 0 Å². The maximum Gasteiger partial charge on any atom is 0.143 e. The lowest BCUT2D eigenvalue weighted by Gasteiger charge is -2.54. The van der Waals surface area contributed by atoms with Gasteiger partial charge in [0.15, 0.2) is 0 Å². The van der Waals surface area contributed by atoms with Gasteiger partial charge in [-0.15, -0.1) is 0 Å². The van der Waals surface area contributed by atoms with E-state index in [2.05, 4.69) is 11.4 Å². The molecule has 4 nitrogen and oxygen atoms in total. The van der Waals surface area contributed by atoms with E-state index in [1.807, 2.05) is 6.07 Å². The van der Waals surface area contributed by atoms with Gasteiger partial charge in [-0.2, -0.15) is 0 Å². The molecule has 1 saturated heterocycles. The summed E-state index contributed by atoms with van der Waals surface area (Å²) >= 11 is 0. The standard InChI is InChI=1S/C19H25NO3/c21-10-2-3-12-6-7-14-13(18(12)23)11-16-15-4-1-5-17(22)19(14,15)8-9-20-16/h6-7,15-16,20-21,23H,1-5,8-11H2/t15-,16+,19+/m0/s1. The number of nitrogens with one attached hydrogen (secondary N) is 1. The largest absolute Gasteiger partial charge is 0.507 e. The summed E-state index contributed by atoms with van der Waals surface area (Å²) in [4.78, 5) is 12.9.